The highest BCUT2D eigenvalue weighted by atomic mass is 16.3. The summed E-state index contributed by atoms with van der Waals surface area (Å²) < 4.78 is 0. The Hall–Kier alpha value is -2.22. The molecule has 0 atom stereocenters. The standard InChI is InChI=1S/C13H14N2O3/c14-8-9-1-3-15(4-2-9)13(18)10-5-11(16)7-12(17)6-10/h5-7,9,16-17H,1-4H2. The summed E-state index contributed by atoms with van der Waals surface area (Å²) in [4.78, 5) is 13.8. The molecule has 1 aromatic carbocycles. The predicted octanol–water partition coefficient (Wildman–Crippen LogP) is 1.47. The Morgan fingerprint density at radius 3 is 2.28 bits per heavy atom. The number of aromatic hydroxyl groups is 2. The van der Waals surface area contributed by atoms with E-state index in [1.807, 2.05) is 0 Å². The summed E-state index contributed by atoms with van der Waals surface area (Å²) in [5.74, 6) is -0.472. The predicted molar refractivity (Wildman–Crippen MR) is 64.0 cm³/mol. The van der Waals surface area contributed by atoms with Crippen molar-refractivity contribution in [1.82, 2.24) is 4.90 Å². The first-order valence-corrected chi connectivity index (χ1v) is 5.82. The van der Waals surface area contributed by atoms with E-state index >= 15 is 0 Å². The van der Waals surface area contributed by atoms with E-state index in [2.05, 4.69) is 6.07 Å². The number of carbonyl (C=O) groups is 1. The van der Waals surface area contributed by atoms with Crippen molar-refractivity contribution >= 4 is 5.91 Å². The summed E-state index contributed by atoms with van der Waals surface area (Å²) in [5, 5.41) is 27.5. The number of amides is 1. The Morgan fingerprint density at radius 1 is 1.22 bits per heavy atom. The van der Waals surface area contributed by atoms with Crippen LogP contribution in [-0.4, -0.2) is 34.1 Å². The molecule has 1 amide bonds. The van der Waals surface area contributed by atoms with Gasteiger partial charge in [-0.25, -0.2) is 0 Å². The number of piperidine rings is 1. The number of nitrogens with zero attached hydrogens (tertiary/aromatic N) is 2. The molecule has 0 saturated carbocycles. The number of hydrogen-bond acceptors (Lipinski definition) is 4. The fourth-order valence-electron chi connectivity index (χ4n) is 2.11. The molecule has 5 heteroatoms. The van der Waals surface area contributed by atoms with Gasteiger partial charge >= 0.3 is 0 Å². The van der Waals surface area contributed by atoms with E-state index in [1.54, 1.807) is 4.90 Å². The van der Waals surface area contributed by atoms with Gasteiger partial charge in [0, 0.05) is 30.6 Å². The van der Waals surface area contributed by atoms with Gasteiger partial charge in [-0.15, -0.1) is 0 Å². The highest BCUT2D eigenvalue weighted by molar-refractivity contribution is 5.95. The molecule has 0 spiro atoms. The van der Waals surface area contributed by atoms with Crippen molar-refractivity contribution in [1.29, 1.82) is 5.26 Å². The van der Waals surface area contributed by atoms with Crippen LogP contribution < -0.4 is 0 Å². The Bertz CT molecular complexity index is 479. The third kappa shape index (κ3) is 2.54. The SMILES string of the molecule is N#CC1CCN(C(=O)c2cc(O)cc(O)c2)CC1. The van der Waals surface area contributed by atoms with Gasteiger partial charge in [-0.3, -0.25) is 4.79 Å². The van der Waals surface area contributed by atoms with E-state index in [0.717, 1.165) is 0 Å². The van der Waals surface area contributed by atoms with Gasteiger partial charge in [-0.2, -0.15) is 5.26 Å². The normalized spacial score (nSPS) is 16.3. The smallest absolute Gasteiger partial charge is 0.254 e. The van der Waals surface area contributed by atoms with Crippen molar-refractivity contribution < 1.29 is 15.0 Å². The van der Waals surface area contributed by atoms with Gasteiger partial charge in [-0.05, 0) is 25.0 Å². The van der Waals surface area contributed by atoms with Crippen LogP contribution >= 0.6 is 0 Å². The maximum Gasteiger partial charge on any atom is 0.254 e. The molecule has 1 saturated heterocycles. The van der Waals surface area contributed by atoms with Crippen molar-refractivity contribution in [3.63, 3.8) is 0 Å². The van der Waals surface area contributed by atoms with Crippen LogP contribution in [0.3, 0.4) is 0 Å². The summed E-state index contributed by atoms with van der Waals surface area (Å²) in [6.07, 6.45) is 1.35. The molecule has 2 rings (SSSR count). The second kappa shape index (κ2) is 4.96. The van der Waals surface area contributed by atoms with Crippen LogP contribution in [-0.2, 0) is 0 Å². The second-order valence-electron chi connectivity index (χ2n) is 4.43. The minimum atomic E-state index is -0.224. The number of nitriles is 1. The largest absolute Gasteiger partial charge is 0.508 e. The summed E-state index contributed by atoms with van der Waals surface area (Å²) in [6.45, 7) is 1.07. The Kier molecular flexibility index (Phi) is 3.38. The Balaban J connectivity index is 2.10. The van der Waals surface area contributed by atoms with Gasteiger partial charge < -0.3 is 15.1 Å². The van der Waals surface area contributed by atoms with Crippen molar-refractivity contribution in [3.8, 4) is 17.6 Å². The third-order valence-electron chi connectivity index (χ3n) is 3.11. The van der Waals surface area contributed by atoms with E-state index in [0.29, 0.717) is 25.9 Å². The molecule has 1 aliphatic rings. The van der Waals surface area contributed by atoms with Crippen LogP contribution in [0, 0.1) is 17.2 Å². The molecule has 0 aliphatic carbocycles. The molecule has 1 aromatic rings. The van der Waals surface area contributed by atoms with Crippen LogP contribution in [0.4, 0.5) is 0 Å². The number of rotatable bonds is 1. The number of hydrogen-bond donors (Lipinski definition) is 2. The van der Waals surface area contributed by atoms with Gasteiger partial charge in [0.15, 0.2) is 0 Å². The average molecular weight is 246 g/mol. The zero-order chi connectivity index (χ0) is 13.1. The monoisotopic (exact) mass is 246 g/mol. The zero-order valence-corrected chi connectivity index (χ0v) is 9.83. The van der Waals surface area contributed by atoms with Crippen molar-refractivity contribution in [2.75, 3.05) is 13.1 Å². The number of carbonyl (C=O) groups excluding carboxylic acids is 1. The molecule has 1 heterocycles. The summed E-state index contributed by atoms with van der Waals surface area (Å²) in [7, 11) is 0. The fourth-order valence-corrected chi connectivity index (χ4v) is 2.11. The Morgan fingerprint density at radius 2 is 1.78 bits per heavy atom. The van der Waals surface area contributed by atoms with Crippen LogP contribution in [0.5, 0.6) is 11.5 Å². The van der Waals surface area contributed by atoms with Gasteiger partial charge in [-0.1, -0.05) is 0 Å². The van der Waals surface area contributed by atoms with Gasteiger partial charge in [0.2, 0.25) is 0 Å². The lowest BCUT2D eigenvalue weighted by molar-refractivity contribution is 0.0706. The van der Waals surface area contributed by atoms with Crippen LogP contribution in [0.2, 0.25) is 0 Å². The molecule has 2 N–H and O–H groups in total. The molecular weight excluding hydrogens is 232 g/mol. The summed E-state index contributed by atoms with van der Waals surface area (Å²) in [5.41, 5.74) is 0.267. The first kappa shape index (κ1) is 12.2. The number of phenols is 2. The first-order valence-electron chi connectivity index (χ1n) is 5.82. The lowest BCUT2D eigenvalue weighted by atomic mass is 9.98. The Labute approximate surface area is 105 Å². The van der Waals surface area contributed by atoms with E-state index < -0.39 is 0 Å². The highest BCUT2D eigenvalue weighted by Gasteiger charge is 2.23. The quantitative estimate of drug-likeness (QED) is 0.785. The maximum atomic E-state index is 12.1. The summed E-state index contributed by atoms with van der Waals surface area (Å²) >= 11 is 0. The van der Waals surface area contributed by atoms with Crippen molar-refractivity contribution in [2.24, 2.45) is 5.92 Å². The molecule has 0 radical (unpaired) electrons. The van der Waals surface area contributed by atoms with Crippen LogP contribution in [0.1, 0.15) is 23.2 Å². The van der Waals surface area contributed by atoms with E-state index in [9.17, 15) is 15.0 Å². The highest BCUT2D eigenvalue weighted by Crippen LogP contribution is 2.23. The van der Waals surface area contributed by atoms with E-state index in [1.165, 1.54) is 18.2 Å². The molecule has 1 fully saturated rings. The van der Waals surface area contributed by atoms with Gasteiger partial charge in [0.05, 0.1) is 6.07 Å². The van der Waals surface area contributed by atoms with Crippen molar-refractivity contribution in [3.05, 3.63) is 23.8 Å². The minimum Gasteiger partial charge on any atom is -0.508 e. The van der Waals surface area contributed by atoms with Crippen LogP contribution in [0.15, 0.2) is 18.2 Å². The first-order chi connectivity index (χ1) is 8.60. The lowest BCUT2D eigenvalue weighted by Crippen LogP contribution is -2.38. The molecule has 0 unspecified atom stereocenters. The number of phenolic OH excluding ortho intramolecular Hbond substituents is 2. The third-order valence-corrected chi connectivity index (χ3v) is 3.11. The lowest BCUT2D eigenvalue weighted by Gasteiger charge is -2.29. The second-order valence-corrected chi connectivity index (χ2v) is 4.43. The fraction of sp³-hybridized carbons (Fsp3) is 0.385. The molecule has 18 heavy (non-hydrogen) atoms. The zero-order valence-electron chi connectivity index (χ0n) is 9.83. The van der Waals surface area contributed by atoms with E-state index in [4.69, 9.17) is 5.26 Å². The van der Waals surface area contributed by atoms with Gasteiger partial charge in [0.1, 0.15) is 11.5 Å². The molecule has 1 aliphatic heterocycles. The number of benzene rings is 1. The van der Waals surface area contributed by atoms with Gasteiger partial charge in [0.25, 0.3) is 5.91 Å². The molecule has 0 bridgehead atoms. The topological polar surface area (TPSA) is 84.6 Å². The number of likely N-dealkylation sites (tertiary alicyclic amines) is 1. The molecule has 0 aromatic heterocycles. The molecular formula is C13H14N2O3. The molecule has 5 nitrogen and oxygen atoms in total. The van der Waals surface area contributed by atoms with E-state index in [-0.39, 0.29) is 28.9 Å². The summed E-state index contributed by atoms with van der Waals surface area (Å²) in [6, 6.07) is 6.05. The molecule has 94 valence electrons. The minimum absolute atomic E-state index is 0.0200. The van der Waals surface area contributed by atoms with Crippen molar-refractivity contribution in [2.45, 2.75) is 12.8 Å². The maximum absolute atomic E-state index is 12.1. The van der Waals surface area contributed by atoms with Crippen LogP contribution in [0.25, 0.3) is 0 Å². The average Bonchev–Trinajstić information content (AvgIpc) is 2.37.